The molecule has 3 nitrogen and oxygen atoms in total. The van der Waals surface area contributed by atoms with Crippen molar-refractivity contribution in [2.24, 2.45) is 0 Å². The first-order valence-electron chi connectivity index (χ1n) is 5.10. The predicted molar refractivity (Wildman–Crippen MR) is 51.1 cm³/mol. The van der Waals surface area contributed by atoms with E-state index < -0.39 is 0 Å². The fourth-order valence-corrected chi connectivity index (χ4v) is 1.96. The van der Waals surface area contributed by atoms with Crippen LogP contribution in [0.25, 0.3) is 0 Å². The zero-order chi connectivity index (χ0) is 9.57. The first-order chi connectivity index (χ1) is 6.33. The Morgan fingerprint density at radius 1 is 1.23 bits per heavy atom. The Bertz CT molecular complexity index is 178. The molecule has 0 bridgehead atoms. The van der Waals surface area contributed by atoms with Crippen molar-refractivity contribution in [3.63, 3.8) is 0 Å². The first-order valence-corrected chi connectivity index (χ1v) is 5.10. The van der Waals surface area contributed by atoms with Crippen molar-refractivity contribution in [1.29, 1.82) is 5.26 Å². The van der Waals surface area contributed by atoms with Gasteiger partial charge in [0.05, 0.1) is 12.7 Å². The van der Waals surface area contributed by atoms with E-state index in [-0.39, 0.29) is 12.1 Å². The van der Waals surface area contributed by atoms with Crippen molar-refractivity contribution in [1.82, 2.24) is 5.32 Å². The Hall–Kier alpha value is -0.590. The van der Waals surface area contributed by atoms with Gasteiger partial charge in [0, 0.05) is 6.54 Å². The molecule has 0 radical (unpaired) electrons. The molecule has 0 unspecified atom stereocenters. The number of rotatable bonds is 3. The van der Waals surface area contributed by atoms with Crippen molar-refractivity contribution < 1.29 is 5.11 Å². The van der Waals surface area contributed by atoms with Crippen LogP contribution in [0.15, 0.2) is 0 Å². The maximum Gasteiger partial charge on any atom is 0.106 e. The van der Waals surface area contributed by atoms with Gasteiger partial charge in [-0.3, -0.25) is 5.32 Å². The normalized spacial score (nSPS) is 21.8. The lowest BCUT2D eigenvalue weighted by molar-refractivity contribution is 0.263. The topological polar surface area (TPSA) is 56.0 Å². The van der Waals surface area contributed by atoms with Crippen LogP contribution in [0.2, 0.25) is 0 Å². The Labute approximate surface area is 79.8 Å². The van der Waals surface area contributed by atoms with Crippen LogP contribution in [0.5, 0.6) is 0 Å². The summed E-state index contributed by atoms with van der Waals surface area (Å²) in [4.78, 5) is 0. The van der Waals surface area contributed by atoms with Crippen LogP contribution < -0.4 is 5.32 Å². The minimum atomic E-state index is -0.348. The summed E-state index contributed by atoms with van der Waals surface area (Å²) in [5, 5.41) is 21.0. The molecule has 1 fully saturated rings. The van der Waals surface area contributed by atoms with E-state index in [4.69, 9.17) is 10.4 Å². The minimum absolute atomic E-state index is 0.115. The molecule has 0 aromatic rings. The minimum Gasteiger partial charge on any atom is -0.395 e. The van der Waals surface area contributed by atoms with Crippen LogP contribution in [-0.4, -0.2) is 23.8 Å². The van der Waals surface area contributed by atoms with E-state index in [0.29, 0.717) is 6.54 Å². The van der Waals surface area contributed by atoms with E-state index in [1.807, 2.05) is 0 Å². The molecule has 1 aliphatic rings. The van der Waals surface area contributed by atoms with E-state index in [1.54, 1.807) is 0 Å². The highest BCUT2D eigenvalue weighted by atomic mass is 16.3. The molecule has 0 atom stereocenters. The van der Waals surface area contributed by atoms with E-state index in [2.05, 4.69) is 11.4 Å². The maximum absolute atomic E-state index is 9.10. The fourth-order valence-electron chi connectivity index (χ4n) is 1.96. The van der Waals surface area contributed by atoms with E-state index in [1.165, 1.54) is 12.8 Å². The summed E-state index contributed by atoms with van der Waals surface area (Å²) < 4.78 is 0. The number of nitrogens with zero attached hydrogens (tertiary/aromatic N) is 1. The second-order valence-corrected chi connectivity index (χ2v) is 3.76. The highest BCUT2D eigenvalue weighted by Crippen LogP contribution is 2.26. The molecule has 1 saturated carbocycles. The summed E-state index contributed by atoms with van der Waals surface area (Å²) in [6.45, 7) is 0.650. The van der Waals surface area contributed by atoms with Gasteiger partial charge in [-0.05, 0) is 12.8 Å². The summed E-state index contributed by atoms with van der Waals surface area (Å²) in [5.41, 5.74) is -0.348. The smallest absolute Gasteiger partial charge is 0.106 e. The molecule has 1 rings (SSSR count). The van der Waals surface area contributed by atoms with E-state index >= 15 is 0 Å². The average Bonchev–Trinajstić information content (AvgIpc) is 2.41. The molecular weight excluding hydrogens is 164 g/mol. The van der Waals surface area contributed by atoms with Crippen molar-refractivity contribution in [2.75, 3.05) is 13.2 Å². The first kappa shape index (κ1) is 10.5. The lowest BCUT2D eigenvalue weighted by atomic mass is 9.92. The molecular formula is C10H18N2O. The zero-order valence-corrected chi connectivity index (χ0v) is 8.05. The third-order valence-electron chi connectivity index (χ3n) is 2.75. The predicted octanol–water partition coefficient (Wildman–Crippen LogP) is 1.18. The summed E-state index contributed by atoms with van der Waals surface area (Å²) >= 11 is 0. The Morgan fingerprint density at radius 3 is 2.31 bits per heavy atom. The second kappa shape index (κ2) is 5.21. The van der Waals surface area contributed by atoms with Crippen LogP contribution in [0.1, 0.15) is 38.5 Å². The van der Waals surface area contributed by atoms with Gasteiger partial charge in [-0.25, -0.2) is 0 Å². The van der Waals surface area contributed by atoms with Crippen molar-refractivity contribution in [3.8, 4) is 6.07 Å². The summed E-state index contributed by atoms with van der Waals surface area (Å²) in [7, 11) is 0. The number of aliphatic hydroxyl groups excluding tert-OH is 1. The molecule has 0 aliphatic heterocycles. The molecule has 74 valence electrons. The summed E-state index contributed by atoms with van der Waals surface area (Å²) in [5.74, 6) is 0. The van der Waals surface area contributed by atoms with Crippen LogP contribution >= 0.6 is 0 Å². The number of aliphatic hydroxyl groups is 1. The SMILES string of the molecule is N#CC1(NCCO)CCCCCC1. The monoisotopic (exact) mass is 182 g/mol. The van der Waals surface area contributed by atoms with Crippen LogP contribution in [0.3, 0.4) is 0 Å². The molecule has 0 amide bonds. The van der Waals surface area contributed by atoms with Gasteiger partial charge in [-0.15, -0.1) is 0 Å². The molecule has 0 aromatic heterocycles. The van der Waals surface area contributed by atoms with Gasteiger partial charge >= 0.3 is 0 Å². The molecule has 13 heavy (non-hydrogen) atoms. The average molecular weight is 182 g/mol. The maximum atomic E-state index is 9.10. The van der Waals surface area contributed by atoms with Gasteiger partial charge in [0.1, 0.15) is 5.54 Å². The molecule has 2 N–H and O–H groups in total. The van der Waals surface area contributed by atoms with Crippen LogP contribution in [0, 0.1) is 11.3 Å². The molecule has 0 aromatic carbocycles. The largest absolute Gasteiger partial charge is 0.395 e. The third-order valence-corrected chi connectivity index (χ3v) is 2.75. The van der Waals surface area contributed by atoms with Crippen molar-refractivity contribution in [3.05, 3.63) is 0 Å². The highest BCUT2D eigenvalue weighted by molar-refractivity contribution is 5.07. The number of hydrogen-bond donors (Lipinski definition) is 2. The number of nitriles is 1. The highest BCUT2D eigenvalue weighted by Gasteiger charge is 2.29. The quantitative estimate of drug-likeness (QED) is 0.644. The number of hydrogen-bond acceptors (Lipinski definition) is 3. The van der Waals surface area contributed by atoms with Crippen LogP contribution in [-0.2, 0) is 0 Å². The molecule has 0 saturated heterocycles. The molecule has 3 heteroatoms. The van der Waals surface area contributed by atoms with E-state index in [0.717, 1.165) is 25.7 Å². The molecule has 0 heterocycles. The van der Waals surface area contributed by atoms with Gasteiger partial charge in [0.25, 0.3) is 0 Å². The molecule has 1 aliphatic carbocycles. The Morgan fingerprint density at radius 2 is 1.85 bits per heavy atom. The van der Waals surface area contributed by atoms with Gasteiger partial charge < -0.3 is 5.11 Å². The van der Waals surface area contributed by atoms with Gasteiger partial charge in [-0.2, -0.15) is 5.26 Å². The van der Waals surface area contributed by atoms with Gasteiger partial charge in [0.2, 0.25) is 0 Å². The number of nitrogens with one attached hydrogen (secondary N) is 1. The number of β-amino-alcohol motifs (C(OH)–C–C–N with tert-alkyl or cyclic N) is 1. The van der Waals surface area contributed by atoms with Crippen molar-refractivity contribution >= 4 is 0 Å². The standard InChI is InChI=1S/C10H18N2O/c11-9-10(12-7-8-13)5-3-1-2-4-6-10/h12-13H,1-8H2. The lowest BCUT2D eigenvalue weighted by Crippen LogP contribution is -2.44. The van der Waals surface area contributed by atoms with Gasteiger partial charge in [-0.1, -0.05) is 25.7 Å². The molecule has 0 spiro atoms. The fraction of sp³-hybridized carbons (Fsp3) is 0.900. The lowest BCUT2D eigenvalue weighted by Gasteiger charge is -2.25. The van der Waals surface area contributed by atoms with Gasteiger partial charge in [0.15, 0.2) is 0 Å². The zero-order valence-electron chi connectivity index (χ0n) is 8.05. The Balaban J connectivity index is 2.50. The Kier molecular flexibility index (Phi) is 4.20. The van der Waals surface area contributed by atoms with E-state index in [9.17, 15) is 0 Å². The van der Waals surface area contributed by atoms with Crippen LogP contribution in [0.4, 0.5) is 0 Å². The summed E-state index contributed by atoms with van der Waals surface area (Å²) in [6.07, 6.45) is 6.61. The third kappa shape index (κ3) is 2.98. The van der Waals surface area contributed by atoms with Crippen molar-refractivity contribution in [2.45, 2.75) is 44.1 Å². The second-order valence-electron chi connectivity index (χ2n) is 3.76. The summed E-state index contributed by atoms with van der Waals surface area (Å²) in [6, 6.07) is 2.37.